The van der Waals surface area contributed by atoms with Crippen LogP contribution in [0.2, 0.25) is 0 Å². The predicted octanol–water partition coefficient (Wildman–Crippen LogP) is 1.61. The van der Waals surface area contributed by atoms with Gasteiger partial charge in [0.05, 0.1) is 14.2 Å². The Morgan fingerprint density at radius 1 is 1.26 bits per heavy atom. The summed E-state index contributed by atoms with van der Waals surface area (Å²) < 4.78 is 10.6. The fraction of sp³-hybridized carbons (Fsp3) is 0.600. The first-order valence-corrected chi connectivity index (χ1v) is 6.75. The number of rotatable bonds is 8. The zero-order chi connectivity index (χ0) is 13.7. The topological polar surface area (TPSA) is 50.7 Å². The van der Waals surface area contributed by atoms with Crippen LogP contribution in [0.3, 0.4) is 0 Å². The molecule has 4 heteroatoms. The van der Waals surface area contributed by atoms with Gasteiger partial charge in [0.1, 0.15) is 11.5 Å². The van der Waals surface area contributed by atoms with E-state index in [2.05, 4.69) is 5.32 Å². The fourth-order valence-corrected chi connectivity index (χ4v) is 2.22. The number of methoxy groups -OCH3 is 2. The summed E-state index contributed by atoms with van der Waals surface area (Å²) in [4.78, 5) is 0. The smallest absolute Gasteiger partial charge is 0.122 e. The number of ether oxygens (including phenoxy) is 2. The van der Waals surface area contributed by atoms with E-state index in [1.807, 2.05) is 18.2 Å². The highest BCUT2D eigenvalue weighted by Gasteiger charge is 2.41. The number of benzene rings is 1. The van der Waals surface area contributed by atoms with Crippen LogP contribution in [-0.2, 0) is 6.42 Å². The van der Waals surface area contributed by atoms with Crippen LogP contribution >= 0.6 is 0 Å². The SMILES string of the molecule is COc1ccc(OC)c(CCNCC2(CO)CC2)c1. The van der Waals surface area contributed by atoms with Crippen LogP contribution in [0.25, 0.3) is 0 Å². The maximum absolute atomic E-state index is 9.25. The summed E-state index contributed by atoms with van der Waals surface area (Å²) in [7, 11) is 3.35. The molecule has 1 aliphatic rings. The Bertz CT molecular complexity index is 416. The first-order valence-electron chi connectivity index (χ1n) is 6.75. The van der Waals surface area contributed by atoms with Crippen molar-refractivity contribution < 1.29 is 14.6 Å². The summed E-state index contributed by atoms with van der Waals surface area (Å²) in [6, 6.07) is 5.85. The summed E-state index contributed by atoms with van der Waals surface area (Å²) in [5, 5.41) is 12.7. The molecule has 19 heavy (non-hydrogen) atoms. The van der Waals surface area contributed by atoms with Gasteiger partial charge in [-0.25, -0.2) is 0 Å². The van der Waals surface area contributed by atoms with E-state index >= 15 is 0 Å². The minimum absolute atomic E-state index is 0.165. The molecule has 0 spiro atoms. The highest BCUT2D eigenvalue weighted by Crippen LogP contribution is 2.44. The third-order valence-electron chi connectivity index (χ3n) is 3.85. The highest BCUT2D eigenvalue weighted by molar-refractivity contribution is 5.40. The van der Waals surface area contributed by atoms with Crippen LogP contribution in [-0.4, -0.2) is 39.0 Å². The maximum Gasteiger partial charge on any atom is 0.122 e. The molecule has 4 nitrogen and oxygen atoms in total. The highest BCUT2D eigenvalue weighted by atomic mass is 16.5. The lowest BCUT2D eigenvalue weighted by atomic mass is 10.1. The summed E-state index contributed by atoms with van der Waals surface area (Å²) in [5.41, 5.74) is 1.31. The predicted molar refractivity (Wildman–Crippen MR) is 74.9 cm³/mol. The number of aliphatic hydroxyl groups excluding tert-OH is 1. The van der Waals surface area contributed by atoms with Crippen molar-refractivity contribution in [1.82, 2.24) is 5.32 Å². The molecule has 0 aromatic heterocycles. The second-order valence-corrected chi connectivity index (χ2v) is 5.26. The fourth-order valence-electron chi connectivity index (χ4n) is 2.22. The second-order valence-electron chi connectivity index (χ2n) is 5.26. The standard InChI is InChI=1S/C15H23NO3/c1-18-13-3-4-14(19-2)12(9-13)5-8-16-10-15(11-17)6-7-15/h3-4,9,16-17H,5-8,10-11H2,1-2H3. The number of hydrogen-bond donors (Lipinski definition) is 2. The van der Waals surface area contributed by atoms with Gasteiger partial charge in [-0.15, -0.1) is 0 Å². The molecule has 1 aromatic carbocycles. The quantitative estimate of drug-likeness (QED) is 0.701. The Morgan fingerprint density at radius 3 is 2.63 bits per heavy atom. The van der Waals surface area contributed by atoms with Crippen LogP contribution in [0.1, 0.15) is 18.4 Å². The van der Waals surface area contributed by atoms with E-state index < -0.39 is 0 Å². The molecule has 0 heterocycles. The van der Waals surface area contributed by atoms with Crippen LogP contribution in [0.5, 0.6) is 11.5 Å². The molecule has 2 N–H and O–H groups in total. The van der Waals surface area contributed by atoms with E-state index in [1.165, 1.54) is 0 Å². The lowest BCUT2D eigenvalue weighted by Gasteiger charge is -2.14. The lowest BCUT2D eigenvalue weighted by molar-refractivity contribution is 0.208. The van der Waals surface area contributed by atoms with Gasteiger partial charge in [-0.3, -0.25) is 0 Å². The lowest BCUT2D eigenvalue weighted by Crippen LogP contribution is -2.28. The average molecular weight is 265 g/mol. The molecule has 0 atom stereocenters. The Hall–Kier alpha value is -1.26. The first-order chi connectivity index (χ1) is 9.23. The molecular formula is C15H23NO3. The maximum atomic E-state index is 9.25. The Kier molecular flexibility index (Phi) is 4.66. The Balaban J connectivity index is 1.84. The summed E-state index contributed by atoms with van der Waals surface area (Å²) in [5.74, 6) is 1.75. The summed E-state index contributed by atoms with van der Waals surface area (Å²) >= 11 is 0. The van der Waals surface area contributed by atoms with Gasteiger partial charge in [-0.2, -0.15) is 0 Å². The van der Waals surface area contributed by atoms with Gasteiger partial charge in [-0.1, -0.05) is 0 Å². The molecule has 0 radical (unpaired) electrons. The molecule has 0 unspecified atom stereocenters. The van der Waals surface area contributed by atoms with E-state index in [1.54, 1.807) is 14.2 Å². The van der Waals surface area contributed by atoms with Crippen molar-refractivity contribution in [3.63, 3.8) is 0 Å². The van der Waals surface area contributed by atoms with Crippen molar-refractivity contribution in [1.29, 1.82) is 0 Å². The minimum atomic E-state index is 0.165. The molecule has 1 aliphatic carbocycles. The molecule has 1 fully saturated rings. The van der Waals surface area contributed by atoms with Gasteiger partial charge in [0, 0.05) is 18.6 Å². The molecular weight excluding hydrogens is 242 g/mol. The van der Waals surface area contributed by atoms with Gasteiger partial charge in [0.15, 0.2) is 0 Å². The van der Waals surface area contributed by atoms with Crippen LogP contribution in [0.15, 0.2) is 18.2 Å². The van der Waals surface area contributed by atoms with Crippen molar-refractivity contribution in [3.05, 3.63) is 23.8 Å². The molecule has 1 saturated carbocycles. The van der Waals surface area contributed by atoms with Crippen LogP contribution in [0, 0.1) is 5.41 Å². The minimum Gasteiger partial charge on any atom is -0.497 e. The zero-order valence-corrected chi connectivity index (χ0v) is 11.7. The van der Waals surface area contributed by atoms with E-state index in [0.717, 1.165) is 49.4 Å². The number of aliphatic hydroxyl groups is 1. The van der Waals surface area contributed by atoms with Crippen molar-refractivity contribution in [2.75, 3.05) is 33.9 Å². The van der Waals surface area contributed by atoms with Gasteiger partial charge in [0.25, 0.3) is 0 Å². The van der Waals surface area contributed by atoms with Gasteiger partial charge >= 0.3 is 0 Å². The van der Waals surface area contributed by atoms with E-state index in [0.29, 0.717) is 6.61 Å². The van der Waals surface area contributed by atoms with Crippen LogP contribution in [0.4, 0.5) is 0 Å². The average Bonchev–Trinajstić information content (AvgIpc) is 3.24. The molecule has 106 valence electrons. The molecule has 0 aliphatic heterocycles. The molecule has 0 saturated heterocycles. The third kappa shape index (κ3) is 3.61. The third-order valence-corrected chi connectivity index (χ3v) is 3.85. The van der Waals surface area contributed by atoms with E-state index in [4.69, 9.17) is 9.47 Å². The normalized spacial score (nSPS) is 16.2. The monoisotopic (exact) mass is 265 g/mol. The van der Waals surface area contributed by atoms with Crippen molar-refractivity contribution in [2.45, 2.75) is 19.3 Å². The van der Waals surface area contributed by atoms with Crippen molar-refractivity contribution in [2.24, 2.45) is 5.41 Å². The molecule has 0 bridgehead atoms. The van der Waals surface area contributed by atoms with Crippen LogP contribution < -0.4 is 14.8 Å². The Labute approximate surface area is 114 Å². The second kappa shape index (κ2) is 6.26. The Morgan fingerprint density at radius 2 is 2.05 bits per heavy atom. The summed E-state index contributed by atoms with van der Waals surface area (Å²) in [6.45, 7) is 2.07. The molecule has 0 amide bonds. The summed E-state index contributed by atoms with van der Waals surface area (Å²) in [6.07, 6.45) is 3.17. The zero-order valence-electron chi connectivity index (χ0n) is 11.7. The van der Waals surface area contributed by atoms with Crippen molar-refractivity contribution >= 4 is 0 Å². The molecule has 2 rings (SSSR count). The van der Waals surface area contributed by atoms with Gasteiger partial charge in [0.2, 0.25) is 0 Å². The molecule has 1 aromatic rings. The van der Waals surface area contributed by atoms with E-state index in [9.17, 15) is 5.11 Å². The first kappa shape index (κ1) is 14.2. The number of nitrogens with one attached hydrogen (secondary N) is 1. The van der Waals surface area contributed by atoms with Gasteiger partial charge < -0.3 is 19.9 Å². The number of hydrogen-bond acceptors (Lipinski definition) is 4. The van der Waals surface area contributed by atoms with Crippen molar-refractivity contribution in [3.8, 4) is 11.5 Å². The van der Waals surface area contributed by atoms with Gasteiger partial charge in [-0.05, 0) is 49.6 Å². The van der Waals surface area contributed by atoms with E-state index in [-0.39, 0.29) is 5.41 Å². The largest absolute Gasteiger partial charge is 0.497 e.